The van der Waals surface area contributed by atoms with Crippen LogP contribution in [0.3, 0.4) is 0 Å². The first-order valence-corrected chi connectivity index (χ1v) is 9.39. The Morgan fingerprint density at radius 1 is 1.15 bits per heavy atom. The molecule has 136 valence electrons. The molecule has 0 aliphatic rings. The van der Waals surface area contributed by atoms with Crippen molar-refractivity contribution in [2.75, 3.05) is 6.61 Å². The van der Waals surface area contributed by atoms with Crippen LogP contribution in [-0.4, -0.2) is 23.1 Å². The lowest BCUT2D eigenvalue weighted by Gasteiger charge is -2.12. The summed E-state index contributed by atoms with van der Waals surface area (Å²) in [6, 6.07) is 12.0. The van der Waals surface area contributed by atoms with Crippen LogP contribution in [0, 0.1) is 5.41 Å². The maximum Gasteiger partial charge on any atom is 0.326 e. The molecule has 6 heteroatoms. The van der Waals surface area contributed by atoms with Crippen molar-refractivity contribution in [1.82, 2.24) is 4.57 Å². The molecule has 3 rings (SSSR count). The first-order valence-electron chi connectivity index (χ1n) is 8.57. The Labute approximate surface area is 155 Å². The van der Waals surface area contributed by atoms with E-state index in [1.165, 1.54) is 11.3 Å². The molecule has 0 unspecified atom stereocenters. The number of ether oxygens (including phenoxy) is 1. The van der Waals surface area contributed by atoms with Crippen LogP contribution in [-0.2, 0) is 20.9 Å². The maximum atomic E-state index is 12.4. The molecule has 5 nitrogen and oxygen atoms in total. The van der Waals surface area contributed by atoms with Gasteiger partial charge in [-0.1, -0.05) is 62.4 Å². The quantitative estimate of drug-likeness (QED) is 0.657. The van der Waals surface area contributed by atoms with Gasteiger partial charge in [0.25, 0.3) is 5.91 Å². The standard InChI is InChI=1S/C20H22N2O3S/c1-5-25-16(23)12-22-15-11-10-13-8-6-7-9-14(13)17(15)26-19(22)21-18(24)20(2,3)4/h6-11H,5,12H2,1-4H3. The van der Waals surface area contributed by atoms with Crippen LogP contribution in [0.1, 0.15) is 27.7 Å². The molecule has 0 atom stereocenters. The van der Waals surface area contributed by atoms with Crippen molar-refractivity contribution >= 4 is 44.2 Å². The largest absolute Gasteiger partial charge is 0.465 e. The number of aromatic nitrogens is 1. The number of carbonyl (C=O) groups is 2. The van der Waals surface area contributed by atoms with E-state index in [1.807, 2.05) is 57.2 Å². The highest BCUT2D eigenvalue weighted by molar-refractivity contribution is 7.17. The fourth-order valence-corrected chi connectivity index (χ4v) is 3.79. The fourth-order valence-electron chi connectivity index (χ4n) is 2.63. The number of amides is 1. The summed E-state index contributed by atoms with van der Waals surface area (Å²) in [6.07, 6.45) is 0. The molecular formula is C20H22N2O3S. The molecule has 0 saturated heterocycles. The molecule has 3 aromatic rings. The van der Waals surface area contributed by atoms with Crippen LogP contribution >= 0.6 is 11.3 Å². The fraction of sp³-hybridized carbons (Fsp3) is 0.350. The Hall–Kier alpha value is -2.47. The molecule has 1 heterocycles. The third-order valence-electron chi connectivity index (χ3n) is 4.01. The summed E-state index contributed by atoms with van der Waals surface area (Å²) in [5.41, 5.74) is 0.294. The molecule has 26 heavy (non-hydrogen) atoms. The van der Waals surface area contributed by atoms with Crippen LogP contribution < -0.4 is 4.80 Å². The van der Waals surface area contributed by atoms with Gasteiger partial charge >= 0.3 is 5.97 Å². The zero-order valence-corrected chi connectivity index (χ0v) is 16.2. The molecule has 0 fully saturated rings. The van der Waals surface area contributed by atoms with Crippen molar-refractivity contribution in [3.8, 4) is 0 Å². The number of nitrogens with zero attached hydrogens (tertiary/aromatic N) is 2. The van der Waals surface area contributed by atoms with Gasteiger partial charge in [0.2, 0.25) is 0 Å². The third-order valence-corrected chi connectivity index (χ3v) is 5.13. The Balaban J connectivity index is 2.27. The van der Waals surface area contributed by atoms with Crippen molar-refractivity contribution < 1.29 is 14.3 Å². The highest BCUT2D eigenvalue weighted by Crippen LogP contribution is 2.28. The SMILES string of the molecule is CCOC(=O)Cn1c(=NC(=O)C(C)(C)C)sc2c3ccccc3ccc21. The first-order chi connectivity index (χ1) is 12.3. The number of rotatable bonds is 3. The van der Waals surface area contributed by atoms with E-state index >= 15 is 0 Å². The predicted molar refractivity (Wildman–Crippen MR) is 104 cm³/mol. The topological polar surface area (TPSA) is 60.7 Å². The lowest BCUT2D eigenvalue weighted by atomic mass is 9.96. The van der Waals surface area contributed by atoms with Gasteiger partial charge < -0.3 is 9.30 Å². The zero-order chi connectivity index (χ0) is 18.9. The van der Waals surface area contributed by atoms with Crippen molar-refractivity contribution in [3.05, 3.63) is 41.2 Å². The lowest BCUT2D eigenvalue weighted by molar-refractivity contribution is -0.143. The number of thiazole rings is 1. The van der Waals surface area contributed by atoms with Crippen molar-refractivity contribution in [2.45, 2.75) is 34.2 Å². The minimum atomic E-state index is -0.583. The van der Waals surface area contributed by atoms with E-state index < -0.39 is 5.41 Å². The molecule has 0 bridgehead atoms. The van der Waals surface area contributed by atoms with Gasteiger partial charge in [0, 0.05) is 10.8 Å². The van der Waals surface area contributed by atoms with Crippen molar-refractivity contribution in [3.63, 3.8) is 0 Å². The van der Waals surface area contributed by atoms with Crippen LogP contribution in [0.25, 0.3) is 21.0 Å². The van der Waals surface area contributed by atoms with Gasteiger partial charge in [-0.2, -0.15) is 4.99 Å². The van der Waals surface area contributed by atoms with Crippen LogP contribution in [0.15, 0.2) is 41.4 Å². The normalized spacial score (nSPS) is 12.7. The van der Waals surface area contributed by atoms with Crippen LogP contribution in [0.2, 0.25) is 0 Å². The number of hydrogen-bond acceptors (Lipinski definition) is 4. The number of fused-ring (bicyclic) bond motifs is 3. The Morgan fingerprint density at radius 2 is 1.88 bits per heavy atom. The molecule has 0 N–H and O–H groups in total. The van der Waals surface area contributed by atoms with Gasteiger partial charge in [0.15, 0.2) is 4.80 Å². The third kappa shape index (κ3) is 3.55. The number of carbonyl (C=O) groups excluding carboxylic acids is 2. The molecule has 2 aromatic carbocycles. The number of esters is 1. The summed E-state index contributed by atoms with van der Waals surface area (Å²) < 4.78 is 7.88. The summed E-state index contributed by atoms with van der Waals surface area (Å²) >= 11 is 1.43. The highest BCUT2D eigenvalue weighted by atomic mass is 32.1. The molecule has 0 aliphatic carbocycles. The number of hydrogen-bond donors (Lipinski definition) is 0. The molecule has 0 radical (unpaired) electrons. The van der Waals surface area contributed by atoms with Crippen LogP contribution in [0.5, 0.6) is 0 Å². The first kappa shape index (κ1) is 18.3. The van der Waals surface area contributed by atoms with Gasteiger partial charge in [-0.3, -0.25) is 9.59 Å². The monoisotopic (exact) mass is 370 g/mol. The number of benzene rings is 2. The van der Waals surface area contributed by atoms with Crippen molar-refractivity contribution in [2.24, 2.45) is 10.4 Å². The van der Waals surface area contributed by atoms with E-state index in [4.69, 9.17) is 4.74 Å². The maximum absolute atomic E-state index is 12.4. The Kier molecular flexibility index (Phi) is 4.96. The minimum Gasteiger partial charge on any atom is -0.465 e. The zero-order valence-electron chi connectivity index (χ0n) is 15.4. The Bertz CT molecular complexity index is 1050. The second kappa shape index (κ2) is 7.03. The van der Waals surface area contributed by atoms with Crippen molar-refractivity contribution in [1.29, 1.82) is 0 Å². The predicted octanol–water partition coefficient (Wildman–Crippen LogP) is 3.89. The highest BCUT2D eigenvalue weighted by Gasteiger charge is 2.22. The van der Waals surface area contributed by atoms with E-state index in [-0.39, 0.29) is 18.4 Å². The van der Waals surface area contributed by atoms with Gasteiger partial charge in [-0.25, -0.2) is 0 Å². The molecule has 0 saturated carbocycles. The summed E-state index contributed by atoms with van der Waals surface area (Å²) in [6.45, 7) is 7.61. The lowest BCUT2D eigenvalue weighted by Crippen LogP contribution is -2.26. The second-order valence-electron chi connectivity index (χ2n) is 7.08. The average Bonchev–Trinajstić information content (AvgIpc) is 2.92. The smallest absolute Gasteiger partial charge is 0.326 e. The van der Waals surface area contributed by atoms with E-state index in [2.05, 4.69) is 4.99 Å². The molecule has 1 aromatic heterocycles. The minimum absolute atomic E-state index is 0.0302. The van der Waals surface area contributed by atoms with E-state index in [1.54, 1.807) is 11.5 Å². The van der Waals surface area contributed by atoms with E-state index in [0.29, 0.717) is 11.4 Å². The van der Waals surface area contributed by atoms with Gasteiger partial charge in [-0.05, 0) is 18.4 Å². The van der Waals surface area contributed by atoms with Gasteiger partial charge in [0.1, 0.15) is 6.54 Å². The summed E-state index contributed by atoms with van der Waals surface area (Å²) in [7, 11) is 0. The van der Waals surface area contributed by atoms with E-state index in [9.17, 15) is 9.59 Å². The van der Waals surface area contributed by atoms with Gasteiger partial charge in [-0.15, -0.1) is 0 Å². The molecule has 0 spiro atoms. The van der Waals surface area contributed by atoms with Gasteiger partial charge in [0.05, 0.1) is 16.8 Å². The van der Waals surface area contributed by atoms with E-state index in [0.717, 1.165) is 21.0 Å². The second-order valence-corrected chi connectivity index (χ2v) is 8.06. The average molecular weight is 370 g/mol. The molecular weight excluding hydrogens is 348 g/mol. The van der Waals surface area contributed by atoms with Crippen LogP contribution in [0.4, 0.5) is 0 Å². The summed E-state index contributed by atoms with van der Waals surface area (Å²) in [4.78, 5) is 29.4. The summed E-state index contributed by atoms with van der Waals surface area (Å²) in [5.74, 6) is -0.559. The summed E-state index contributed by atoms with van der Waals surface area (Å²) in [5, 5.41) is 2.19. The molecule has 1 amide bonds. The molecule has 0 aliphatic heterocycles. The Morgan fingerprint density at radius 3 is 2.58 bits per heavy atom.